The zero-order chi connectivity index (χ0) is 25.2. The smallest absolute Gasteiger partial charge is 0.160 e. The molecule has 2 saturated carbocycles. The standard InChI is InChI=1S/C30H46O4/c1-16(18(3)20(5)31)8-9-17(2)21-10-11-22-27-25(33)14-23-19(4)24(32)12-13-29(23,6)28(27)26(34)15-30(21,22)7/h17-19,21-25,32-33H,1,8-15H2,2-7H3. The van der Waals surface area contributed by atoms with Gasteiger partial charge in [-0.05, 0) is 97.9 Å². The van der Waals surface area contributed by atoms with Gasteiger partial charge in [0.25, 0.3) is 0 Å². The lowest BCUT2D eigenvalue weighted by atomic mass is 9.48. The lowest BCUT2D eigenvalue weighted by Crippen LogP contribution is -2.54. The molecule has 4 aliphatic rings. The van der Waals surface area contributed by atoms with Crippen LogP contribution in [0.1, 0.15) is 92.9 Å². The number of aliphatic hydroxyl groups excluding tert-OH is 2. The molecule has 0 aromatic carbocycles. The summed E-state index contributed by atoms with van der Waals surface area (Å²) >= 11 is 0. The summed E-state index contributed by atoms with van der Waals surface area (Å²) < 4.78 is 0. The molecule has 0 aliphatic heterocycles. The van der Waals surface area contributed by atoms with Crippen LogP contribution in [0.2, 0.25) is 0 Å². The lowest BCUT2D eigenvalue weighted by molar-refractivity contribution is -0.126. The van der Waals surface area contributed by atoms with E-state index in [1.807, 2.05) is 6.92 Å². The minimum absolute atomic E-state index is 0.0921. The van der Waals surface area contributed by atoms with Crippen LogP contribution in [-0.4, -0.2) is 34.0 Å². The van der Waals surface area contributed by atoms with Crippen LogP contribution in [0.4, 0.5) is 0 Å². The minimum atomic E-state index is -0.570. The van der Waals surface area contributed by atoms with E-state index in [9.17, 15) is 19.8 Å². The van der Waals surface area contributed by atoms with Gasteiger partial charge >= 0.3 is 0 Å². The van der Waals surface area contributed by atoms with E-state index in [1.165, 1.54) is 0 Å². The Hall–Kier alpha value is -1.26. The van der Waals surface area contributed by atoms with Crippen molar-refractivity contribution in [1.29, 1.82) is 0 Å². The van der Waals surface area contributed by atoms with Crippen LogP contribution in [0, 0.1) is 46.3 Å². The molecule has 190 valence electrons. The first kappa shape index (κ1) is 25.8. The predicted octanol–water partition coefficient (Wildman–Crippen LogP) is 5.66. The highest BCUT2D eigenvalue weighted by Crippen LogP contribution is 2.65. The van der Waals surface area contributed by atoms with E-state index in [0.29, 0.717) is 24.7 Å². The molecule has 2 fully saturated rings. The van der Waals surface area contributed by atoms with E-state index in [4.69, 9.17) is 0 Å². The number of hydrogen-bond donors (Lipinski definition) is 2. The summed E-state index contributed by atoms with van der Waals surface area (Å²) in [4.78, 5) is 25.6. The van der Waals surface area contributed by atoms with Crippen LogP contribution in [0.15, 0.2) is 23.3 Å². The second-order valence-electron chi connectivity index (χ2n) is 12.9. The monoisotopic (exact) mass is 470 g/mol. The molecule has 0 aromatic rings. The number of ketones is 2. The van der Waals surface area contributed by atoms with Gasteiger partial charge in [0, 0.05) is 17.9 Å². The van der Waals surface area contributed by atoms with Gasteiger partial charge in [0.1, 0.15) is 5.78 Å². The van der Waals surface area contributed by atoms with Crippen molar-refractivity contribution < 1.29 is 19.8 Å². The molecule has 4 aliphatic carbocycles. The SMILES string of the molecule is C=C(CCC(C)C1CCC2C3=C(C(=O)CC21C)C1(C)CCC(O)C(C)C1CC3O)C(C)C(C)=O. The summed E-state index contributed by atoms with van der Waals surface area (Å²) in [6.45, 7) is 16.7. The summed E-state index contributed by atoms with van der Waals surface area (Å²) in [5, 5.41) is 21.9. The molecule has 10 unspecified atom stereocenters. The minimum Gasteiger partial charge on any atom is -0.393 e. The highest BCUT2D eigenvalue weighted by Gasteiger charge is 2.61. The van der Waals surface area contributed by atoms with Crippen molar-refractivity contribution in [2.45, 2.75) is 105 Å². The fourth-order valence-electron chi connectivity index (χ4n) is 8.80. The Labute approximate surface area is 206 Å². The Bertz CT molecular complexity index is 901. The molecule has 0 amide bonds. The molecule has 4 heteroatoms. The maximum atomic E-state index is 13.9. The number of carbonyl (C=O) groups is 2. The quantitative estimate of drug-likeness (QED) is 0.491. The fourth-order valence-corrected chi connectivity index (χ4v) is 8.80. The third-order valence-electron chi connectivity index (χ3n) is 11.2. The molecule has 4 nitrogen and oxygen atoms in total. The van der Waals surface area contributed by atoms with Crippen LogP contribution < -0.4 is 0 Å². The highest BCUT2D eigenvalue weighted by molar-refractivity contribution is 5.99. The van der Waals surface area contributed by atoms with Gasteiger partial charge in [-0.15, -0.1) is 0 Å². The van der Waals surface area contributed by atoms with Crippen molar-refractivity contribution >= 4 is 11.6 Å². The van der Waals surface area contributed by atoms with Gasteiger partial charge in [-0.25, -0.2) is 0 Å². The molecule has 2 N–H and O–H groups in total. The molecule has 0 heterocycles. The van der Waals surface area contributed by atoms with E-state index in [0.717, 1.165) is 55.2 Å². The van der Waals surface area contributed by atoms with Crippen molar-refractivity contribution in [2.24, 2.45) is 46.3 Å². The number of Topliss-reactive ketones (excluding diaryl/α,β-unsaturated/α-hetero) is 2. The molecule has 0 bridgehead atoms. The summed E-state index contributed by atoms with van der Waals surface area (Å²) in [6, 6.07) is 0. The number of fused-ring (bicyclic) bond motifs is 4. The predicted molar refractivity (Wildman–Crippen MR) is 135 cm³/mol. The van der Waals surface area contributed by atoms with Gasteiger partial charge in [-0.1, -0.05) is 46.8 Å². The molecular weight excluding hydrogens is 424 g/mol. The summed E-state index contributed by atoms with van der Waals surface area (Å²) in [6.07, 6.45) is 5.86. The third kappa shape index (κ3) is 3.88. The summed E-state index contributed by atoms with van der Waals surface area (Å²) in [7, 11) is 0. The Morgan fingerprint density at radius 2 is 1.85 bits per heavy atom. The largest absolute Gasteiger partial charge is 0.393 e. The van der Waals surface area contributed by atoms with Crippen LogP contribution in [0.25, 0.3) is 0 Å². The first-order chi connectivity index (χ1) is 15.8. The molecule has 0 aromatic heterocycles. The third-order valence-corrected chi connectivity index (χ3v) is 11.2. The van der Waals surface area contributed by atoms with Crippen molar-refractivity contribution in [3.8, 4) is 0 Å². The molecule has 4 rings (SSSR count). The first-order valence-electron chi connectivity index (χ1n) is 13.6. The topological polar surface area (TPSA) is 74.6 Å². The average Bonchev–Trinajstić information content (AvgIpc) is 3.11. The van der Waals surface area contributed by atoms with Crippen molar-refractivity contribution in [3.05, 3.63) is 23.3 Å². The molecule has 0 spiro atoms. The number of hydrogen-bond acceptors (Lipinski definition) is 4. The van der Waals surface area contributed by atoms with Gasteiger partial charge in [0.15, 0.2) is 5.78 Å². The number of carbonyl (C=O) groups excluding carboxylic acids is 2. The van der Waals surface area contributed by atoms with Gasteiger partial charge in [0.05, 0.1) is 12.2 Å². The first-order valence-corrected chi connectivity index (χ1v) is 13.6. The zero-order valence-corrected chi connectivity index (χ0v) is 22.2. The Morgan fingerprint density at radius 3 is 2.50 bits per heavy atom. The van der Waals surface area contributed by atoms with E-state index < -0.39 is 6.10 Å². The number of allylic oxidation sites excluding steroid dienone is 2. The van der Waals surface area contributed by atoms with E-state index in [1.54, 1.807) is 6.92 Å². The second kappa shape index (κ2) is 9.00. The van der Waals surface area contributed by atoms with Crippen LogP contribution in [0.5, 0.6) is 0 Å². The maximum absolute atomic E-state index is 13.9. The molecule has 34 heavy (non-hydrogen) atoms. The van der Waals surface area contributed by atoms with Crippen LogP contribution in [-0.2, 0) is 9.59 Å². The number of rotatable bonds is 6. The van der Waals surface area contributed by atoms with E-state index in [2.05, 4.69) is 34.3 Å². The van der Waals surface area contributed by atoms with Crippen molar-refractivity contribution in [1.82, 2.24) is 0 Å². The van der Waals surface area contributed by atoms with Crippen molar-refractivity contribution in [2.75, 3.05) is 0 Å². The summed E-state index contributed by atoms with van der Waals surface area (Å²) in [5.41, 5.74) is 2.67. The molecule has 0 radical (unpaired) electrons. The van der Waals surface area contributed by atoms with Gasteiger partial charge in [-0.2, -0.15) is 0 Å². The lowest BCUT2D eigenvalue weighted by Gasteiger charge is -2.57. The second-order valence-corrected chi connectivity index (χ2v) is 12.9. The van der Waals surface area contributed by atoms with Crippen LogP contribution in [0.3, 0.4) is 0 Å². The molecule has 10 atom stereocenters. The van der Waals surface area contributed by atoms with Crippen molar-refractivity contribution in [3.63, 3.8) is 0 Å². The van der Waals surface area contributed by atoms with Crippen LogP contribution >= 0.6 is 0 Å². The molecule has 0 saturated heterocycles. The molecular formula is C30H46O4. The maximum Gasteiger partial charge on any atom is 0.160 e. The van der Waals surface area contributed by atoms with Gasteiger partial charge in [0.2, 0.25) is 0 Å². The normalized spacial score (nSPS) is 43.6. The average molecular weight is 471 g/mol. The Morgan fingerprint density at radius 1 is 1.18 bits per heavy atom. The Kier molecular flexibility index (Phi) is 6.83. The van der Waals surface area contributed by atoms with E-state index in [-0.39, 0.29) is 52.2 Å². The van der Waals surface area contributed by atoms with Gasteiger partial charge < -0.3 is 10.2 Å². The zero-order valence-electron chi connectivity index (χ0n) is 22.2. The summed E-state index contributed by atoms with van der Waals surface area (Å²) in [5.74, 6) is 1.72. The Balaban J connectivity index is 1.60. The number of aliphatic hydroxyl groups is 2. The van der Waals surface area contributed by atoms with Gasteiger partial charge in [-0.3, -0.25) is 9.59 Å². The van der Waals surface area contributed by atoms with E-state index >= 15 is 0 Å². The highest BCUT2D eigenvalue weighted by atomic mass is 16.3. The fraction of sp³-hybridized carbons (Fsp3) is 0.800.